The van der Waals surface area contributed by atoms with Gasteiger partial charge >= 0.3 is 5.97 Å². The number of anilines is 1. The molecular formula is C14H12ClFN2O5S2. The van der Waals surface area contributed by atoms with Gasteiger partial charge < -0.3 is 10.1 Å². The first kappa shape index (κ1) is 19.3. The zero-order valence-electron chi connectivity index (χ0n) is 12.7. The highest BCUT2D eigenvalue weighted by Crippen LogP contribution is 2.23. The molecule has 11 heteroatoms. The maximum atomic E-state index is 13.1. The first-order chi connectivity index (χ1) is 11.6. The molecule has 7 nitrogen and oxygen atoms in total. The van der Waals surface area contributed by atoms with Gasteiger partial charge in [0.25, 0.3) is 5.91 Å². The number of thiophene rings is 1. The third kappa shape index (κ3) is 4.75. The Morgan fingerprint density at radius 2 is 2.04 bits per heavy atom. The second-order valence-electron chi connectivity index (χ2n) is 4.82. The zero-order chi connectivity index (χ0) is 18.8. The molecule has 3 N–H and O–H groups in total. The highest BCUT2D eigenvalue weighted by atomic mass is 35.5. The van der Waals surface area contributed by atoms with Crippen LogP contribution in [0.2, 0.25) is 5.02 Å². The Morgan fingerprint density at radius 3 is 2.64 bits per heavy atom. The molecule has 1 aromatic carbocycles. The molecule has 25 heavy (non-hydrogen) atoms. The number of nitrogens with one attached hydrogen (secondary N) is 1. The largest absolute Gasteiger partial charge is 0.448 e. The van der Waals surface area contributed by atoms with Crippen molar-refractivity contribution in [2.75, 3.05) is 5.32 Å². The van der Waals surface area contributed by atoms with Gasteiger partial charge in [-0.2, -0.15) is 0 Å². The fraction of sp³-hybridized carbons (Fsp3) is 0.143. The van der Waals surface area contributed by atoms with Crippen molar-refractivity contribution in [2.24, 2.45) is 5.14 Å². The minimum Gasteiger partial charge on any atom is -0.448 e. The summed E-state index contributed by atoms with van der Waals surface area (Å²) in [7, 11) is -4.09. The summed E-state index contributed by atoms with van der Waals surface area (Å²) in [6.45, 7) is 1.29. The van der Waals surface area contributed by atoms with Gasteiger partial charge in [0.1, 0.15) is 15.6 Å². The van der Waals surface area contributed by atoms with Crippen LogP contribution in [0.4, 0.5) is 10.1 Å². The summed E-state index contributed by atoms with van der Waals surface area (Å²) < 4.78 is 40.8. The van der Waals surface area contributed by atoms with E-state index in [-0.39, 0.29) is 20.5 Å². The van der Waals surface area contributed by atoms with Crippen molar-refractivity contribution in [3.8, 4) is 0 Å². The number of esters is 1. The molecule has 2 aromatic rings. The second-order valence-corrected chi connectivity index (χ2v) is 7.68. The lowest BCUT2D eigenvalue weighted by Crippen LogP contribution is -2.30. The van der Waals surface area contributed by atoms with E-state index in [1.54, 1.807) is 0 Å². The third-order valence-electron chi connectivity index (χ3n) is 2.96. The van der Waals surface area contributed by atoms with Crippen LogP contribution >= 0.6 is 22.9 Å². The van der Waals surface area contributed by atoms with Crippen molar-refractivity contribution < 1.29 is 27.1 Å². The van der Waals surface area contributed by atoms with Crippen molar-refractivity contribution in [1.82, 2.24) is 0 Å². The number of ether oxygens (including phenoxy) is 1. The molecule has 0 aliphatic heterocycles. The predicted octanol–water partition coefficient (Wildman–Crippen LogP) is 2.37. The molecule has 1 atom stereocenters. The lowest BCUT2D eigenvalue weighted by Gasteiger charge is -2.13. The van der Waals surface area contributed by atoms with Gasteiger partial charge in [-0.05, 0) is 36.6 Å². The van der Waals surface area contributed by atoms with Gasteiger partial charge in [-0.15, -0.1) is 11.3 Å². The molecule has 1 unspecified atom stereocenters. The molecule has 0 aliphatic carbocycles. The fourth-order valence-electron chi connectivity index (χ4n) is 1.76. The SMILES string of the molecule is CC(OC(=O)c1sccc1S(N)(=O)=O)C(=O)Nc1ccc(F)c(Cl)c1. The number of sulfonamides is 1. The Bertz CT molecular complexity index is 929. The molecule has 1 amide bonds. The normalized spacial score (nSPS) is 12.5. The number of rotatable bonds is 5. The molecule has 0 fully saturated rings. The first-order valence-corrected chi connectivity index (χ1v) is 9.47. The van der Waals surface area contributed by atoms with Crippen LogP contribution in [-0.2, 0) is 19.6 Å². The zero-order valence-corrected chi connectivity index (χ0v) is 15.0. The average molecular weight is 407 g/mol. The van der Waals surface area contributed by atoms with Gasteiger partial charge in [0.05, 0.1) is 5.02 Å². The van der Waals surface area contributed by atoms with Crippen LogP contribution in [0.1, 0.15) is 16.6 Å². The van der Waals surface area contributed by atoms with Crippen LogP contribution in [0.3, 0.4) is 0 Å². The number of carbonyl (C=O) groups is 2. The van der Waals surface area contributed by atoms with Crippen LogP contribution in [0.25, 0.3) is 0 Å². The summed E-state index contributed by atoms with van der Waals surface area (Å²) >= 11 is 6.43. The van der Waals surface area contributed by atoms with E-state index in [0.717, 1.165) is 17.4 Å². The van der Waals surface area contributed by atoms with E-state index in [2.05, 4.69) is 5.32 Å². The third-order valence-corrected chi connectivity index (χ3v) is 5.23. The van der Waals surface area contributed by atoms with Gasteiger partial charge in [0.2, 0.25) is 10.0 Å². The summed E-state index contributed by atoms with van der Waals surface area (Å²) in [5.41, 5.74) is 0.209. The Hall–Kier alpha value is -2.01. The maximum Gasteiger partial charge on any atom is 0.350 e. The monoisotopic (exact) mass is 406 g/mol. The van der Waals surface area contributed by atoms with Crippen molar-refractivity contribution in [2.45, 2.75) is 17.9 Å². The van der Waals surface area contributed by atoms with E-state index < -0.39 is 33.8 Å². The number of benzene rings is 1. The minimum absolute atomic E-state index is 0.182. The van der Waals surface area contributed by atoms with Gasteiger partial charge in [-0.3, -0.25) is 4.79 Å². The quantitative estimate of drug-likeness (QED) is 0.739. The van der Waals surface area contributed by atoms with Crippen molar-refractivity contribution in [3.05, 3.63) is 45.4 Å². The molecule has 0 saturated heterocycles. The minimum atomic E-state index is -4.09. The van der Waals surface area contributed by atoms with Crippen LogP contribution in [0.15, 0.2) is 34.5 Å². The Morgan fingerprint density at radius 1 is 1.36 bits per heavy atom. The number of nitrogens with two attached hydrogens (primary N) is 1. The summed E-state index contributed by atoms with van der Waals surface area (Å²) in [6.07, 6.45) is -1.24. The summed E-state index contributed by atoms with van der Waals surface area (Å²) in [5, 5.41) is 8.59. The number of hydrogen-bond acceptors (Lipinski definition) is 6. The van der Waals surface area contributed by atoms with Gasteiger partial charge in [0.15, 0.2) is 6.10 Å². The van der Waals surface area contributed by atoms with Gasteiger partial charge in [-0.1, -0.05) is 11.6 Å². The molecule has 134 valence electrons. The number of halogens is 2. The van der Waals surface area contributed by atoms with Crippen LogP contribution < -0.4 is 10.5 Å². The van der Waals surface area contributed by atoms with E-state index in [1.165, 1.54) is 30.5 Å². The molecule has 0 radical (unpaired) electrons. The lowest BCUT2D eigenvalue weighted by atomic mass is 10.3. The number of amides is 1. The van der Waals surface area contributed by atoms with Crippen LogP contribution in [0.5, 0.6) is 0 Å². The second kappa shape index (κ2) is 7.48. The van der Waals surface area contributed by atoms with Gasteiger partial charge in [-0.25, -0.2) is 22.7 Å². The molecule has 1 heterocycles. The number of carbonyl (C=O) groups excluding carboxylic acids is 2. The predicted molar refractivity (Wildman–Crippen MR) is 90.6 cm³/mol. The number of primary sulfonamides is 1. The molecule has 0 saturated carbocycles. The Kier molecular flexibility index (Phi) is 5.78. The maximum absolute atomic E-state index is 13.1. The smallest absolute Gasteiger partial charge is 0.350 e. The van der Waals surface area contributed by atoms with E-state index in [9.17, 15) is 22.4 Å². The Labute approximate surface area is 151 Å². The molecule has 1 aromatic heterocycles. The molecular weight excluding hydrogens is 395 g/mol. The van der Waals surface area contributed by atoms with Crippen molar-refractivity contribution in [1.29, 1.82) is 0 Å². The average Bonchev–Trinajstić information content (AvgIpc) is 3.00. The molecule has 2 rings (SSSR count). The highest BCUT2D eigenvalue weighted by Gasteiger charge is 2.25. The van der Waals surface area contributed by atoms with Crippen LogP contribution in [-0.4, -0.2) is 26.4 Å². The van der Waals surface area contributed by atoms with Crippen molar-refractivity contribution in [3.63, 3.8) is 0 Å². The highest BCUT2D eigenvalue weighted by molar-refractivity contribution is 7.89. The van der Waals surface area contributed by atoms with E-state index in [0.29, 0.717) is 0 Å². The molecule has 0 spiro atoms. The molecule has 0 bridgehead atoms. The summed E-state index contributed by atoms with van der Waals surface area (Å²) in [4.78, 5) is 23.5. The fourth-order valence-corrected chi connectivity index (χ4v) is 3.78. The van der Waals surface area contributed by atoms with E-state index >= 15 is 0 Å². The Balaban J connectivity index is 2.07. The van der Waals surface area contributed by atoms with E-state index in [4.69, 9.17) is 21.5 Å². The van der Waals surface area contributed by atoms with Crippen LogP contribution in [0, 0.1) is 5.82 Å². The summed E-state index contributed by atoms with van der Waals surface area (Å²) in [5.74, 6) is -2.35. The van der Waals surface area contributed by atoms with Crippen molar-refractivity contribution >= 4 is 50.5 Å². The van der Waals surface area contributed by atoms with E-state index in [1.807, 2.05) is 0 Å². The standard InChI is InChI=1S/C14H12ClFN2O5S2/c1-7(13(19)18-8-2-3-10(16)9(15)6-8)23-14(20)12-11(4-5-24-12)25(17,21)22/h2-7H,1H3,(H,18,19)(H2,17,21,22). The van der Waals surface area contributed by atoms with Gasteiger partial charge in [0, 0.05) is 5.69 Å². The number of hydrogen-bond donors (Lipinski definition) is 2. The topological polar surface area (TPSA) is 116 Å². The lowest BCUT2D eigenvalue weighted by molar-refractivity contribution is -0.123. The first-order valence-electron chi connectivity index (χ1n) is 6.67. The molecule has 0 aliphatic rings. The summed E-state index contributed by atoms with van der Waals surface area (Å²) in [6, 6.07) is 4.72.